The van der Waals surface area contributed by atoms with Crippen LogP contribution in [0.3, 0.4) is 0 Å². The van der Waals surface area contributed by atoms with Crippen molar-refractivity contribution in [3.8, 4) is 0 Å². The van der Waals surface area contributed by atoms with Gasteiger partial charge in [-0.2, -0.15) is 0 Å². The van der Waals surface area contributed by atoms with E-state index in [0.29, 0.717) is 19.0 Å². The smallest absolute Gasteiger partial charge is 0.128 e. The molecule has 0 saturated heterocycles. The predicted octanol–water partition coefficient (Wildman–Crippen LogP) is 1.40. The number of hydrogen-bond donors (Lipinski definition) is 2. The summed E-state index contributed by atoms with van der Waals surface area (Å²) < 4.78 is 5.25. The minimum absolute atomic E-state index is 0.0936. The fourth-order valence-electron chi connectivity index (χ4n) is 1.41. The van der Waals surface area contributed by atoms with E-state index in [1.54, 1.807) is 6.20 Å². The molecule has 0 bridgehead atoms. The van der Waals surface area contributed by atoms with E-state index in [2.05, 4.69) is 4.98 Å². The Morgan fingerprint density at radius 2 is 2.27 bits per heavy atom. The molecule has 0 aromatic carbocycles. The van der Waals surface area contributed by atoms with Gasteiger partial charge in [0.1, 0.15) is 5.82 Å². The summed E-state index contributed by atoms with van der Waals surface area (Å²) in [5.74, 6) is 0.518. The van der Waals surface area contributed by atoms with Crippen molar-refractivity contribution in [1.29, 1.82) is 0 Å². The van der Waals surface area contributed by atoms with Crippen LogP contribution >= 0.6 is 0 Å². The zero-order valence-electron chi connectivity index (χ0n) is 9.36. The minimum atomic E-state index is -0.0936. The van der Waals surface area contributed by atoms with Crippen molar-refractivity contribution in [3.05, 3.63) is 23.4 Å². The van der Waals surface area contributed by atoms with Gasteiger partial charge in [-0.15, -0.1) is 0 Å². The first kappa shape index (κ1) is 11.9. The lowest BCUT2D eigenvalue weighted by Gasteiger charge is -2.14. The molecule has 1 unspecified atom stereocenters. The Kier molecular flexibility index (Phi) is 4.52. The Bertz CT molecular complexity index is 315. The summed E-state index contributed by atoms with van der Waals surface area (Å²) in [5, 5.41) is 0. The van der Waals surface area contributed by atoms with E-state index >= 15 is 0 Å². The lowest BCUT2D eigenvalue weighted by Crippen LogP contribution is -2.15. The molecule has 0 radical (unpaired) electrons. The van der Waals surface area contributed by atoms with E-state index in [-0.39, 0.29) is 6.04 Å². The molecule has 4 N–H and O–H groups in total. The third kappa shape index (κ3) is 3.49. The lowest BCUT2D eigenvalue weighted by atomic mass is 10.0. The molecule has 1 aromatic rings. The van der Waals surface area contributed by atoms with Crippen LogP contribution in [-0.4, -0.2) is 18.2 Å². The number of aryl methyl sites for hydroxylation is 1. The summed E-state index contributed by atoms with van der Waals surface area (Å²) in [6.07, 6.45) is 2.51. The van der Waals surface area contributed by atoms with E-state index < -0.39 is 0 Å². The van der Waals surface area contributed by atoms with Gasteiger partial charge >= 0.3 is 0 Å². The molecule has 1 aromatic heterocycles. The van der Waals surface area contributed by atoms with Crippen LogP contribution < -0.4 is 11.5 Å². The minimum Gasteiger partial charge on any atom is -0.383 e. The summed E-state index contributed by atoms with van der Waals surface area (Å²) in [6, 6.07) is 1.89. The molecule has 84 valence electrons. The molecule has 0 spiro atoms. The summed E-state index contributed by atoms with van der Waals surface area (Å²) in [5.41, 5.74) is 13.8. The summed E-state index contributed by atoms with van der Waals surface area (Å²) >= 11 is 0. The van der Waals surface area contributed by atoms with E-state index in [9.17, 15) is 0 Å². The number of ether oxygens (including phenoxy) is 1. The third-order valence-electron chi connectivity index (χ3n) is 2.26. The SMILES string of the molecule is CCOCCC(N)c1cc(C)cnc1N. The Labute approximate surface area is 90.6 Å². The van der Waals surface area contributed by atoms with Gasteiger partial charge in [-0.3, -0.25) is 0 Å². The number of nitrogens with two attached hydrogens (primary N) is 2. The Hall–Kier alpha value is -1.13. The molecule has 0 amide bonds. The Morgan fingerprint density at radius 1 is 1.53 bits per heavy atom. The first-order valence-electron chi connectivity index (χ1n) is 5.20. The van der Waals surface area contributed by atoms with Crippen LogP contribution in [0.25, 0.3) is 0 Å². The zero-order valence-corrected chi connectivity index (χ0v) is 9.36. The van der Waals surface area contributed by atoms with Crippen LogP contribution in [0.1, 0.15) is 30.5 Å². The van der Waals surface area contributed by atoms with Crippen LogP contribution in [0, 0.1) is 6.92 Å². The highest BCUT2D eigenvalue weighted by Gasteiger charge is 2.10. The van der Waals surface area contributed by atoms with Gasteiger partial charge in [0.2, 0.25) is 0 Å². The first-order chi connectivity index (χ1) is 7.15. The highest BCUT2D eigenvalue weighted by atomic mass is 16.5. The van der Waals surface area contributed by atoms with Gasteiger partial charge in [0.25, 0.3) is 0 Å². The van der Waals surface area contributed by atoms with Crippen LogP contribution in [-0.2, 0) is 4.74 Å². The molecule has 4 heteroatoms. The quantitative estimate of drug-likeness (QED) is 0.719. The molecular weight excluding hydrogens is 190 g/mol. The van der Waals surface area contributed by atoms with E-state index in [1.807, 2.05) is 19.9 Å². The molecular formula is C11H19N3O. The fourth-order valence-corrected chi connectivity index (χ4v) is 1.41. The van der Waals surface area contributed by atoms with Crippen molar-refractivity contribution in [3.63, 3.8) is 0 Å². The average molecular weight is 209 g/mol. The second kappa shape index (κ2) is 5.68. The normalized spacial score (nSPS) is 12.7. The molecule has 0 aliphatic heterocycles. The largest absolute Gasteiger partial charge is 0.383 e. The monoisotopic (exact) mass is 209 g/mol. The molecule has 0 aliphatic rings. The number of nitrogen functional groups attached to an aromatic ring is 1. The molecule has 4 nitrogen and oxygen atoms in total. The van der Waals surface area contributed by atoms with Crippen LogP contribution in [0.5, 0.6) is 0 Å². The van der Waals surface area contributed by atoms with Crippen LogP contribution in [0.2, 0.25) is 0 Å². The predicted molar refractivity (Wildman–Crippen MR) is 61.4 cm³/mol. The standard InChI is InChI=1S/C11H19N3O/c1-3-15-5-4-10(12)9-6-8(2)7-14-11(9)13/h6-7,10H,3-5,12H2,1-2H3,(H2,13,14). The lowest BCUT2D eigenvalue weighted by molar-refractivity contribution is 0.140. The average Bonchev–Trinajstić information content (AvgIpc) is 2.22. The van der Waals surface area contributed by atoms with E-state index in [4.69, 9.17) is 16.2 Å². The number of anilines is 1. The highest BCUT2D eigenvalue weighted by molar-refractivity contribution is 5.42. The van der Waals surface area contributed by atoms with Gasteiger partial charge in [-0.25, -0.2) is 4.98 Å². The molecule has 15 heavy (non-hydrogen) atoms. The molecule has 0 fully saturated rings. The number of rotatable bonds is 5. The molecule has 1 atom stereocenters. The van der Waals surface area contributed by atoms with E-state index in [1.165, 1.54) is 0 Å². The molecule has 1 rings (SSSR count). The highest BCUT2D eigenvalue weighted by Crippen LogP contribution is 2.20. The van der Waals surface area contributed by atoms with Crippen molar-refractivity contribution in [2.45, 2.75) is 26.3 Å². The van der Waals surface area contributed by atoms with Crippen molar-refractivity contribution in [2.75, 3.05) is 18.9 Å². The Balaban J connectivity index is 2.64. The maximum atomic E-state index is 6.01. The maximum Gasteiger partial charge on any atom is 0.128 e. The van der Waals surface area contributed by atoms with Crippen molar-refractivity contribution >= 4 is 5.82 Å². The summed E-state index contributed by atoms with van der Waals surface area (Å²) in [4.78, 5) is 4.08. The zero-order chi connectivity index (χ0) is 11.3. The van der Waals surface area contributed by atoms with Crippen molar-refractivity contribution < 1.29 is 4.74 Å². The summed E-state index contributed by atoms with van der Waals surface area (Å²) in [6.45, 7) is 5.32. The second-order valence-electron chi connectivity index (χ2n) is 3.58. The third-order valence-corrected chi connectivity index (χ3v) is 2.26. The van der Waals surface area contributed by atoms with Crippen molar-refractivity contribution in [2.24, 2.45) is 5.73 Å². The van der Waals surface area contributed by atoms with Gasteiger partial charge in [0.05, 0.1) is 0 Å². The topological polar surface area (TPSA) is 74.2 Å². The Morgan fingerprint density at radius 3 is 2.93 bits per heavy atom. The second-order valence-corrected chi connectivity index (χ2v) is 3.58. The number of hydrogen-bond acceptors (Lipinski definition) is 4. The van der Waals surface area contributed by atoms with Gasteiger partial charge in [0.15, 0.2) is 0 Å². The number of nitrogens with zero attached hydrogens (tertiary/aromatic N) is 1. The first-order valence-corrected chi connectivity index (χ1v) is 5.20. The molecule has 1 heterocycles. The van der Waals surface area contributed by atoms with E-state index in [0.717, 1.165) is 17.5 Å². The maximum absolute atomic E-state index is 6.01. The van der Waals surface area contributed by atoms with Crippen LogP contribution in [0.15, 0.2) is 12.3 Å². The van der Waals surface area contributed by atoms with Gasteiger partial charge in [-0.1, -0.05) is 0 Å². The van der Waals surface area contributed by atoms with Gasteiger partial charge in [-0.05, 0) is 31.9 Å². The fraction of sp³-hybridized carbons (Fsp3) is 0.545. The summed E-state index contributed by atoms with van der Waals surface area (Å²) in [7, 11) is 0. The molecule has 0 saturated carbocycles. The molecule has 0 aliphatic carbocycles. The van der Waals surface area contributed by atoms with Crippen molar-refractivity contribution in [1.82, 2.24) is 4.98 Å². The number of pyridine rings is 1. The van der Waals surface area contributed by atoms with Crippen LogP contribution in [0.4, 0.5) is 5.82 Å². The van der Waals surface area contributed by atoms with Gasteiger partial charge in [0, 0.05) is 31.0 Å². The number of aromatic nitrogens is 1. The van der Waals surface area contributed by atoms with Gasteiger partial charge < -0.3 is 16.2 Å².